The molecule has 0 aliphatic carbocycles. The van der Waals surface area contributed by atoms with E-state index in [4.69, 9.17) is 5.26 Å². The van der Waals surface area contributed by atoms with Crippen molar-refractivity contribution in [2.75, 3.05) is 0 Å². The Morgan fingerprint density at radius 3 is 2.00 bits per heavy atom. The second-order valence-electron chi connectivity index (χ2n) is 3.01. The maximum absolute atomic E-state index is 10.8. The smallest absolute Gasteiger partial charge is 0.298 e. The standard InChI is InChI=1S/C7H11NO.Na/c1-7(2,3)6(9)4-5-8;/h4H2,1-3H3;/q;+1. The monoisotopic (exact) mass is 148 g/mol. The van der Waals surface area contributed by atoms with E-state index in [0.717, 1.165) is 0 Å². The summed E-state index contributed by atoms with van der Waals surface area (Å²) < 4.78 is 0. The summed E-state index contributed by atoms with van der Waals surface area (Å²) >= 11 is 0. The van der Waals surface area contributed by atoms with Gasteiger partial charge in [-0.1, -0.05) is 20.8 Å². The molecule has 0 atom stereocenters. The number of hydrogen-bond acceptors (Lipinski definition) is 2. The van der Waals surface area contributed by atoms with E-state index in [1.54, 1.807) is 0 Å². The zero-order valence-corrected chi connectivity index (χ0v) is 9.06. The third kappa shape index (κ3) is 4.99. The number of hydrogen-bond donors (Lipinski definition) is 0. The molecular formula is C7H11NNaO+. The number of carbonyl (C=O) groups is 1. The van der Waals surface area contributed by atoms with Crippen LogP contribution < -0.4 is 29.6 Å². The predicted molar refractivity (Wildman–Crippen MR) is 34.7 cm³/mol. The van der Waals surface area contributed by atoms with Crippen LogP contribution in [0.2, 0.25) is 0 Å². The molecule has 0 saturated heterocycles. The number of nitrogens with zero attached hydrogens (tertiary/aromatic N) is 1. The van der Waals surface area contributed by atoms with Gasteiger partial charge in [0.1, 0.15) is 0 Å². The molecule has 0 saturated carbocycles. The first-order valence-corrected chi connectivity index (χ1v) is 2.88. The molecule has 3 heteroatoms. The summed E-state index contributed by atoms with van der Waals surface area (Å²) in [6.45, 7) is 5.44. The Morgan fingerprint density at radius 1 is 1.50 bits per heavy atom. The minimum atomic E-state index is -0.351. The Bertz CT molecular complexity index is 152. The van der Waals surface area contributed by atoms with Crippen LogP contribution in [0, 0.1) is 16.7 Å². The number of carbonyl (C=O) groups excluding carboxylic acids is 1. The summed E-state index contributed by atoms with van der Waals surface area (Å²) in [6.07, 6.45) is 0.0312. The van der Waals surface area contributed by atoms with Gasteiger partial charge in [-0.25, -0.2) is 0 Å². The van der Waals surface area contributed by atoms with E-state index in [2.05, 4.69) is 0 Å². The molecule has 0 heterocycles. The van der Waals surface area contributed by atoms with Crippen molar-refractivity contribution in [2.45, 2.75) is 27.2 Å². The molecule has 0 radical (unpaired) electrons. The average molecular weight is 148 g/mol. The van der Waals surface area contributed by atoms with Crippen LogP contribution in [0.5, 0.6) is 0 Å². The fourth-order valence-corrected chi connectivity index (χ4v) is 0.337. The summed E-state index contributed by atoms with van der Waals surface area (Å²) in [5, 5.41) is 8.13. The minimum Gasteiger partial charge on any atom is -0.298 e. The van der Waals surface area contributed by atoms with Crippen LogP contribution in [0.4, 0.5) is 0 Å². The quantitative estimate of drug-likeness (QED) is 0.425. The normalized spacial score (nSPS) is 9.40. The van der Waals surface area contributed by atoms with Crippen molar-refractivity contribution in [3.8, 4) is 6.07 Å². The van der Waals surface area contributed by atoms with Gasteiger partial charge in [-0.05, 0) is 0 Å². The van der Waals surface area contributed by atoms with E-state index in [9.17, 15) is 4.79 Å². The molecule has 0 amide bonds. The van der Waals surface area contributed by atoms with Gasteiger partial charge in [-0.3, -0.25) is 4.79 Å². The van der Waals surface area contributed by atoms with E-state index in [-0.39, 0.29) is 47.2 Å². The molecule has 0 aromatic heterocycles. The van der Waals surface area contributed by atoms with Crippen molar-refractivity contribution in [3.63, 3.8) is 0 Å². The van der Waals surface area contributed by atoms with Crippen LogP contribution >= 0.6 is 0 Å². The van der Waals surface area contributed by atoms with Gasteiger partial charge in [0, 0.05) is 5.41 Å². The van der Waals surface area contributed by atoms with Gasteiger partial charge in [-0.2, -0.15) is 5.26 Å². The number of ketones is 1. The Hall–Kier alpha value is 0.160. The van der Waals surface area contributed by atoms with E-state index < -0.39 is 0 Å². The maximum Gasteiger partial charge on any atom is 1.00 e. The van der Waals surface area contributed by atoms with E-state index >= 15 is 0 Å². The summed E-state index contributed by atoms with van der Waals surface area (Å²) in [6, 6.07) is 1.82. The molecule has 0 fully saturated rings. The molecule has 0 rings (SSSR count). The van der Waals surface area contributed by atoms with Gasteiger partial charge in [-0.15, -0.1) is 0 Å². The fourth-order valence-electron chi connectivity index (χ4n) is 0.337. The first-order chi connectivity index (χ1) is 3.98. The zero-order chi connectivity index (χ0) is 7.49. The Labute approximate surface area is 83.9 Å². The van der Waals surface area contributed by atoms with Gasteiger partial charge in [0.25, 0.3) is 0 Å². The van der Waals surface area contributed by atoms with E-state index in [1.807, 2.05) is 26.8 Å². The first-order valence-electron chi connectivity index (χ1n) is 2.88. The molecule has 0 aromatic carbocycles. The average Bonchev–Trinajstić information content (AvgIpc) is 1.64. The molecular weight excluding hydrogens is 137 g/mol. The Kier molecular flexibility index (Phi) is 6.27. The van der Waals surface area contributed by atoms with Gasteiger partial charge in [0.05, 0.1) is 12.5 Å². The summed E-state index contributed by atoms with van der Waals surface area (Å²) in [4.78, 5) is 10.8. The Morgan fingerprint density at radius 2 is 1.90 bits per heavy atom. The number of rotatable bonds is 1. The third-order valence-electron chi connectivity index (χ3n) is 1.08. The molecule has 0 aliphatic heterocycles. The van der Waals surface area contributed by atoms with E-state index in [0.29, 0.717) is 0 Å². The van der Waals surface area contributed by atoms with Crippen molar-refractivity contribution in [2.24, 2.45) is 5.41 Å². The fraction of sp³-hybridized carbons (Fsp3) is 0.714. The van der Waals surface area contributed by atoms with Crippen molar-refractivity contribution in [1.29, 1.82) is 5.26 Å². The van der Waals surface area contributed by atoms with Crippen molar-refractivity contribution in [3.05, 3.63) is 0 Å². The number of Topliss-reactive ketones (excluding diaryl/α,β-unsaturated/α-hetero) is 1. The van der Waals surface area contributed by atoms with Gasteiger partial charge >= 0.3 is 29.6 Å². The Balaban J connectivity index is 0. The minimum absolute atomic E-state index is 0. The second kappa shape index (κ2) is 4.90. The van der Waals surface area contributed by atoms with Crippen LogP contribution in [0.15, 0.2) is 0 Å². The second-order valence-corrected chi connectivity index (χ2v) is 3.01. The van der Waals surface area contributed by atoms with Crippen molar-refractivity contribution < 1.29 is 34.4 Å². The summed E-state index contributed by atoms with van der Waals surface area (Å²) in [7, 11) is 0. The molecule has 0 unspecified atom stereocenters. The van der Waals surface area contributed by atoms with E-state index in [1.165, 1.54) is 0 Å². The molecule has 0 aliphatic rings. The molecule has 0 aromatic rings. The molecule has 10 heavy (non-hydrogen) atoms. The zero-order valence-electron chi connectivity index (χ0n) is 7.06. The topological polar surface area (TPSA) is 40.9 Å². The third-order valence-corrected chi connectivity index (χ3v) is 1.08. The molecule has 0 bridgehead atoms. The molecule has 0 spiro atoms. The van der Waals surface area contributed by atoms with Crippen molar-refractivity contribution >= 4 is 5.78 Å². The van der Waals surface area contributed by atoms with Gasteiger partial charge < -0.3 is 0 Å². The predicted octanol–water partition coefficient (Wildman–Crippen LogP) is -1.48. The van der Waals surface area contributed by atoms with Crippen LogP contribution in [-0.2, 0) is 4.79 Å². The SMILES string of the molecule is CC(C)(C)C(=O)CC#N.[Na+]. The summed E-state index contributed by atoms with van der Waals surface area (Å²) in [5.41, 5.74) is -0.351. The van der Waals surface area contributed by atoms with Crippen LogP contribution in [0.3, 0.4) is 0 Å². The molecule has 0 N–H and O–H groups in total. The van der Waals surface area contributed by atoms with Gasteiger partial charge in [0.2, 0.25) is 0 Å². The maximum atomic E-state index is 10.8. The first kappa shape index (κ1) is 12.8. The van der Waals surface area contributed by atoms with Crippen LogP contribution in [-0.4, -0.2) is 5.78 Å². The van der Waals surface area contributed by atoms with Crippen LogP contribution in [0.1, 0.15) is 27.2 Å². The summed E-state index contributed by atoms with van der Waals surface area (Å²) in [5.74, 6) is 0.00463. The van der Waals surface area contributed by atoms with Crippen LogP contribution in [0.25, 0.3) is 0 Å². The number of nitriles is 1. The molecule has 2 nitrogen and oxygen atoms in total. The van der Waals surface area contributed by atoms with Crippen molar-refractivity contribution in [1.82, 2.24) is 0 Å². The largest absolute Gasteiger partial charge is 1.00 e. The molecule has 50 valence electrons. The van der Waals surface area contributed by atoms with Gasteiger partial charge in [0.15, 0.2) is 5.78 Å².